The molecule has 0 amide bonds. The van der Waals surface area contributed by atoms with Gasteiger partial charge in [-0.1, -0.05) is 63.8 Å². The van der Waals surface area contributed by atoms with Gasteiger partial charge in [0.15, 0.2) is 0 Å². The molecule has 3 unspecified atom stereocenters. The molecule has 1 nitrogen and oxygen atoms in total. The standard InChI is InChI=1S/C20H31N/c1-3-15-9-7-8-12-19(15)20(21-4-2)18-13-16-10-5-6-11-17(16)14-18/h5-6,10-11,15,18-21H,3-4,7-9,12-14H2,1-2H3. The molecule has 1 N–H and O–H groups in total. The van der Waals surface area contributed by atoms with E-state index in [9.17, 15) is 0 Å². The normalized spacial score (nSPS) is 27.5. The molecule has 0 spiro atoms. The lowest BCUT2D eigenvalue weighted by Crippen LogP contribution is -2.46. The maximum Gasteiger partial charge on any atom is 0.0132 e. The molecule has 1 fully saturated rings. The largest absolute Gasteiger partial charge is 0.314 e. The van der Waals surface area contributed by atoms with Crippen LogP contribution in [0.15, 0.2) is 24.3 Å². The zero-order valence-corrected chi connectivity index (χ0v) is 13.8. The van der Waals surface area contributed by atoms with E-state index in [1.54, 1.807) is 11.1 Å². The summed E-state index contributed by atoms with van der Waals surface area (Å²) in [6.45, 7) is 5.79. The van der Waals surface area contributed by atoms with Gasteiger partial charge in [0.2, 0.25) is 0 Å². The van der Waals surface area contributed by atoms with Crippen LogP contribution in [-0.4, -0.2) is 12.6 Å². The SMILES string of the molecule is CCNC(C1Cc2ccccc2C1)C1CCCCC1CC. The highest BCUT2D eigenvalue weighted by Crippen LogP contribution is 2.40. The van der Waals surface area contributed by atoms with Crippen LogP contribution in [0.5, 0.6) is 0 Å². The summed E-state index contributed by atoms with van der Waals surface area (Å²) in [4.78, 5) is 0. The Kier molecular flexibility index (Phi) is 5.00. The molecule has 21 heavy (non-hydrogen) atoms. The highest BCUT2D eigenvalue weighted by atomic mass is 14.9. The van der Waals surface area contributed by atoms with Crippen LogP contribution in [0.3, 0.4) is 0 Å². The third kappa shape index (κ3) is 3.18. The van der Waals surface area contributed by atoms with E-state index in [0.717, 1.165) is 30.3 Å². The van der Waals surface area contributed by atoms with Gasteiger partial charge >= 0.3 is 0 Å². The molecule has 0 aliphatic heterocycles. The summed E-state index contributed by atoms with van der Waals surface area (Å²) >= 11 is 0. The number of rotatable bonds is 5. The van der Waals surface area contributed by atoms with Crippen LogP contribution in [0.25, 0.3) is 0 Å². The van der Waals surface area contributed by atoms with Crippen molar-refractivity contribution in [3.63, 3.8) is 0 Å². The second-order valence-electron chi connectivity index (χ2n) is 7.14. The van der Waals surface area contributed by atoms with Crippen LogP contribution < -0.4 is 5.32 Å². The monoisotopic (exact) mass is 285 g/mol. The van der Waals surface area contributed by atoms with Crippen molar-refractivity contribution in [3.05, 3.63) is 35.4 Å². The Labute approximate surface area is 130 Å². The van der Waals surface area contributed by atoms with Crippen LogP contribution in [0, 0.1) is 17.8 Å². The molecule has 3 rings (SSSR count). The first-order valence-corrected chi connectivity index (χ1v) is 9.13. The van der Waals surface area contributed by atoms with Crippen molar-refractivity contribution in [2.75, 3.05) is 6.54 Å². The Bertz CT molecular complexity index is 428. The summed E-state index contributed by atoms with van der Waals surface area (Å²) in [5, 5.41) is 3.89. The fourth-order valence-electron chi connectivity index (χ4n) is 4.97. The average Bonchev–Trinajstić information content (AvgIpc) is 2.96. The van der Waals surface area contributed by atoms with Gasteiger partial charge in [0.05, 0.1) is 0 Å². The third-order valence-corrected chi connectivity index (χ3v) is 5.98. The van der Waals surface area contributed by atoms with Crippen LogP contribution in [0.1, 0.15) is 57.1 Å². The molecule has 0 bridgehead atoms. The summed E-state index contributed by atoms with van der Waals surface area (Å²) < 4.78 is 0. The molecule has 1 saturated carbocycles. The Morgan fingerprint density at radius 1 is 1.05 bits per heavy atom. The van der Waals surface area contributed by atoms with E-state index in [2.05, 4.69) is 43.4 Å². The molecule has 2 aliphatic rings. The lowest BCUT2D eigenvalue weighted by Gasteiger charge is -2.40. The maximum atomic E-state index is 3.89. The fourth-order valence-corrected chi connectivity index (χ4v) is 4.97. The molecule has 0 aromatic heterocycles. The fraction of sp³-hybridized carbons (Fsp3) is 0.700. The van der Waals surface area contributed by atoms with E-state index in [1.165, 1.54) is 44.9 Å². The molecule has 1 aromatic carbocycles. The minimum atomic E-state index is 0.729. The lowest BCUT2D eigenvalue weighted by atomic mass is 9.70. The van der Waals surface area contributed by atoms with E-state index in [-0.39, 0.29) is 0 Å². The Hall–Kier alpha value is -0.820. The topological polar surface area (TPSA) is 12.0 Å². The van der Waals surface area contributed by atoms with Gasteiger partial charge in [0.1, 0.15) is 0 Å². The van der Waals surface area contributed by atoms with Crippen molar-refractivity contribution in [1.82, 2.24) is 5.32 Å². The van der Waals surface area contributed by atoms with E-state index >= 15 is 0 Å². The van der Waals surface area contributed by atoms with Crippen molar-refractivity contribution in [1.29, 1.82) is 0 Å². The molecule has 0 radical (unpaired) electrons. The van der Waals surface area contributed by atoms with E-state index in [1.807, 2.05) is 0 Å². The van der Waals surface area contributed by atoms with Gasteiger partial charge < -0.3 is 5.32 Å². The van der Waals surface area contributed by atoms with Gasteiger partial charge in [-0.3, -0.25) is 0 Å². The summed E-state index contributed by atoms with van der Waals surface area (Å²) in [5.74, 6) is 2.68. The number of benzene rings is 1. The summed E-state index contributed by atoms with van der Waals surface area (Å²) in [6.07, 6.45) is 9.76. The Morgan fingerprint density at radius 2 is 1.71 bits per heavy atom. The summed E-state index contributed by atoms with van der Waals surface area (Å²) in [5.41, 5.74) is 3.21. The number of fused-ring (bicyclic) bond motifs is 1. The van der Waals surface area contributed by atoms with Crippen LogP contribution in [-0.2, 0) is 12.8 Å². The van der Waals surface area contributed by atoms with E-state index < -0.39 is 0 Å². The van der Waals surface area contributed by atoms with Gasteiger partial charge in [0, 0.05) is 6.04 Å². The zero-order chi connectivity index (χ0) is 14.7. The minimum absolute atomic E-state index is 0.729. The number of nitrogens with one attached hydrogen (secondary N) is 1. The molecule has 0 heterocycles. The zero-order valence-electron chi connectivity index (χ0n) is 13.8. The molecular weight excluding hydrogens is 254 g/mol. The first kappa shape index (κ1) is 15.1. The molecule has 1 aromatic rings. The van der Waals surface area contributed by atoms with E-state index in [0.29, 0.717) is 0 Å². The quantitative estimate of drug-likeness (QED) is 0.834. The predicted octanol–water partition coefficient (Wildman–Crippen LogP) is 4.60. The van der Waals surface area contributed by atoms with Gasteiger partial charge in [-0.15, -0.1) is 0 Å². The lowest BCUT2D eigenvalue weighted by molar-refractivity contribution is 0.140. The molecule has 1 heteroatoms. The predicted molar refractivity (Wildman–Crippen MR) is 90.5 cm³/mol. The second-order valence-corrected chi connectivity index (χ2v) is 7.14. The summed E-state index contributed by atoms with van der Waals surface area (Å²) in [7, 11) is 0. The van der Waals surface area contributed by atoms with Gasteiger partial charge in [-0.25, -0.2) is 0 Å². The van der Waals surface area contributed by atoms with E-state index in [4.69, 9.17) is 0 Å². The van der Waals surface area contributed by atoms with Crippen molar-refractivity contribution < 1.29 is 0 Å². The highest BCUT2D eigenvalue weighted by Gasteiger charge is 2.37. The van der Waals surface area contributed by atoms with Crippen molar-refractivity contribution >= 4 is 0 Å². The van der Waals surface area contributed by atoms with Gasteiger partial charge in [-0.2, -0.15) is 0 Å². The highest BCUT2D eigenvalue weighted by molar-refractivity contribution is 5.32. The molecule has 3 atom stereocenters. The smallest absolute Gasteiger partial charge is 0.0132 e. The molecule has 2 aliphatic carbocycles. The van der Waals surface area contributed by atoms with Gasteiger partial charge in [-0.05, 0) is 54.7 Å². The first-order valence-electron chi connectivity index (χ1n) is 9.13. The first-order chi connectivity index (χ1) is 10.3. The van der Waals surface area contributed by atoms with Crippen molar-refractivity contribution in [2.24, 2.45) is 17.8 Å². The summed E-state index contributed by atoms with van der Waals surface area (Å²) in [6, 6.07) is 9.83. The van der Waals surface area contributed by atoms with Crippen LogP contribution in [0.4, 0.5) is 0 Å². The number of hydrogen-bond donors (Lipinski definition) is 1. The van der Waals surface area contributed by atoms with Crippen LogP contribution >= 0.6 is 0 Å². The maximum absolute atomic E-state index is 3.89. The number of hydrogen-bond acceptors (Lipinski definition) is 1. The van der Waals surface area contributed by atoms with Crippen molar-refractivity contribution in [2.45, 2.75) is 64.8 Å². The molecule has 0 saturated heterocycles. The third-order valence-electron chi connectivity index (χ3n) is 5.98. The van der Waals surface area contributed by atoms with Crippen molar-refractivity contribution in [3.8, 4) is 0 Å². The molecule has 116 valence electrons. The van der Waals surface area contributed by atoms with Gasteiger partial charge in [0.25, 0.3) is 0 Å². The second kappa shape index (κ2) is 6.96. The Balaban J connectivity index is 1.76. The van der Waals surface area contributed by atoms with Crippen LogP contribution in [0.2, 0.25) is 0 Å². The average molecular weight is 285 g/mol. The minimum Gasteiger partial charge on any atom is -0.314 e. The molecular formula is C20H31N. The Morgan fingerprint density at radius 3 is 2.33 bits per heavy atom.